The lowest BCUT2D eigenvalue weighted by Gasteiger charge is -2.14. The molecule has 118 valence electrons. The Labute approximate surface area is 130 Å². The number of aliphatic hydroxyl groups excluding tert-OH is 1. The van der Waals surface area contributed by atoms with E-state index in [0.29, 0.717) is 5.69 Å². The highest BCUT2D eigenvalue weighted by Gasteiger charge is 2.12. The van der Waals surface area contributed by atoms with Crippen molar-refractivity contribution in [2.75, 3.05) is 11.9 Å². The number of hydrogen-bond donors (Lipinski definition) is 3. The summed E-state index contributed by atoms with van der Waals surface area (Å²) in [5.74, 6) is 0. The van der Waals surface area contributed by atoms with Crippen molar-refractivity contribution in [2.24, 2.45) is 0 Å². The number of aromatic nitrogens is 2. The first-order chi connectivity index (χ1) is 10.5. The van der Waals surface area contributed by atoms with Crippen molar-refractivity contribution >= 4 is 11.7 Å². The van der Waals surface area contributed by atoms with Crippen LogP contribution in [0.2, 0.25) is 0 Å². The molecule has 0 fully saturated rings. The molecule has 3 N–H and O–H groups in total. The van der Waals surface area contributed by atoms with Crippen LogP contribution in [0.5, 0.6) is 0 Å². The topological polar surface area (TPSA) is 79.2 Å². The van der Waals surface area contributed by atoms with Gasteiger partial charge in [0.15, 0.2) is 0 Å². The molecular weight excluding hydrogens is 280 g/mol. The summed E-state index contributed by atoms with van der Waals surface area (Å²) in [7, 11) is 0. The van der Waals surface area contributed by atoms with Crippen LogP contribution in [0.3, 0.4) is 0 Å². The number of nitrogens with zero attached hydrogens (tertiary/aromatic N) is 2. The maximum atomic E-state index is 11.8. The molecule has 1 unspecified atom stereocenters. The molecule has 2 rings (SSSR count). The molecule has 0 aliphatic rings. The molecular formula is C16H22N4O2. The van der Waals surface area contributed by atoms with E-state index in [1.165, 1.54) is 0 Å². The lowest BCUT2D eigenvalue weighted by atomic mass is 10.0. The Balaban J connectivity index is 1.86. The van der Waals surface area contributed by atoms with Gasteiger partial charge in [0.25, 0.3) is 0 Å². The van der Waals surface area contributed by atoms with Crippen LogP contribution < -0.4 is 10.6 Å². The zero-order chi connectivity index (χ0) is 16.1. The first-order valence-electron chi connectivity index (χ1n) is 7.30. The molecule has 0 aliphatic carbocycles. The maximum Gasteiger partial charge on any atom is 0.319 e. The van der Waals surface area contributed by atoms with Crippen LogP contribution in [-0.4, -0.2) is 27.5 Å². The zero-order valence-corrected chi connectivity index (χ0v) is 13.1. The van der Waals surface area contributed by atoms with Crippen LogP contribution in [0.4, 0.5) is 10.5 Å². The molecule has 0 saturated heterocycles. The summed E-state index contributed by atoms with van der Waals surface area (Å²) in [6.45, 7) is 6.10. The van der Waals surface area contributed by atoms with Gasteiger partial charge in [-0.3, -0.25) is 4.68 Å². The third-order valence-corrected chi connectivity index (χ3v) is 3.39. The van der Waals surface area contributed by atoms with Crippen molar-refractivity contribution in [3.63, 3.8) is 0 Å². The number of benzene rings is 1. The fourth-order valence-corrected chi connectivity index (χ4v) is 2.12. The van der Waals surface area contributed by atoms with E-state index < -0.39 is 6.10 Å². The van der Waals surface area contributed by atoms with Crippen LogP contribution in [0.15, 0.2) is 36.7 Å². The highest BCUT2D eigenvalue weighted by atomic mass is 16.3. The smallest absolute Gasteiger partial charge is 0.319 e. The van der Waals surface area contributed by atoms with E-state index in [2.05, 4.69) is 15.7 Å². The number of aryl methyl sites for hydroxylation is 1. The number of anilines is 1. The Hall–Kier alpha value is -2.34. The minimum atomic E-state index is -0.731. The summed E-state index contributed by atoms with van der Waals surface area (Å²) in [6.07, 6.45) is 2.63. The monoisotopic (exact) mass is 302 g/mol. The van der Waals surface area contributed by atoms with E-state index in [1.807, 2.05) is 45.0 Å². The Kier molecular flexibility index (Phi) is 5.16. The van der Waals surface area contributed by atoms with E-state index in [0.717, 1.165) is 11.1 Å². The molecule has 1 aromatic heterocycles. The van der Waals surface area contributed by atoms with Crippen molar-refractivity contribution in [1.82, 2.24) is 15.1 Å². The summed E-state index contributed by atoms with van der Waals surface area (Å²) in [6, 6.07) is 7.44. The average Bonchev–Trinajstić information content (AvgIpc) is 2.94. The zero-order valence-electron chi connectivity index (χ0n) is 13.1. The van der Waals surface area contributed by atoms with Gasteiger partial charge in [-0.2, -0.15) is 5.10 Å². The largest absolute Gasteiger partial charge is 0.387 e. The first kappa shape index (κ1) is 16.0. The van der Waals surface area contributed by atoms with Gasteiger partial charge < -0.3 is 15.7 Å². The molecule has 22 heavy (non-hydrogen) atoms. The van der Waals surface area contributed by atoms with E-state index in [4.69, 9.17) is 0 Å². The van der Waals surface area contributed by atoms with E-state index in [1.54, 1.807) is 17.1 Å². The second-order valence-electron chi connectivity index (χ2n) is 5.51. The van der Waals surface area contributed by atoms with Gasteiger partial charge in [0.1, 0.15) is 0 Å². The van der Waals surface area contributed by atoms with Gasteiger partial charge >= 0.3 is 6.03 Å². The molecule has 0 saturated carbocycles. The van der Waals surface area contributed by atoms with Gasteiger partial charge in [0.05, 0.1) is 18.0 Å². The molecule has 6 heteroatoms. The van der Waals surface area contributed by atoms with Gasteiger partial charge in [-0.1, -0.05) is 24.3 Å². The maximum absolute atomic E-state index is 11.8. The Morgan fingerprint density at radius 2 is 2.09 bits per heavy atom. The highest BCUT2D eigenvalue weighted by Crippen LogP contribution is 2.16. The quantitative estimate of drug-likeness (QED) is 0.794. The number of urea groups is 1. The highest BCUT2D eigenvalue weighted by molar-refractivity contribution is 5.88. The minimum Gasteiger partial charge on any atom is -0.387 e. The van der Waals surface area contributed by atoms with Crippen LogP contribution in [0.1, 0.15) is 37.1 Å². The average molecular weight is 302 g/mol. The van der Waals surface area contributed by atoms with Crippen molar-refractivity contribution in [3.8, 4) is 0 Å². The number of nitrogens with one attached hydrogen (secondary N) is 2. The Morgan fingerprint density at radius 3 is 2.73 bits per heavy atom. The standard InChI is InChI=1S/C16H22N4O2/c1-11(2)20-10-13(8-18-20)19-16(22)17-9-15(21)14-7-5-4-6-12(14)3/h4-8,10-11,15,21H,9H2,1-3H3,(H2,17,19,22). The number of amides is 2. The van der Waals surface area contributed by atoms with Gasteiger partial charge in [0.2, 0.25) is 0 Å². The third-order valence-electron chi connectivity index (χ3n) is 3.39. The summed E-state index contributed by atoms with van der Waals surface area (Å²) < 4.78 is 1.76. The predicted octanol–water partition coefficient (Wildman–Crippen LogP) is 2.63. The Bertz CT molecular complexity index is 637. The summed E-state index contributed by atoms with van der Waals surface area (Å²) in [5.41, 5.74) is 2.43. The molecule has 0 bridgehead atoms. The van der Waals surface area contributed by atoms with Gasteiger partial charge in [0, 0.05) is 18.8 Å². The number of hydrogen-bond acceptors (Lipinski definition) is 3. The fraction of sp³-hybridized carbons (Fsp3) is 0.375. The van der Waals surface area contributed by atoms with Gasteiger partial charge in [-0.15, -0.1) is 0 Å². The lowest BCUT2D eigenvalue weighted by Crippen LogP contribution is -2.32. The molecule has 0 aliphatic heterocycles. The molecule has 1 heterocycles. The number of rotatable bonds is 5. The summed E-state index contributed by atoms with van der Waals surface area (Å²) in [4.78, 5) is 11.8. The van der Waals surface area contributed by atoms with Crippen molar-refractivity contribution in [1.29, 1.82) is 0 Å². The summed E-state index contributed by atoms with van der Waals surface area (Å²) >= 11 is 0. The van der Waals surface area contributed by atoms with Crippen LogP contribution in [0, 0.1) is 6.92 Å². The normalized spacial score (nSPS) is 12.2. The predicted molar refractivity (Wildman–Crippen MR) is 85.8 cm³/mol. The second-order valence-corrected chi connectivity index (χ2v) is 5.51. The number of carbonyl (C=O) groups excluding carboxylic acids is 1. The second kappa shape index (κ2) is 7.09. The van der Waals surface area contributed by atoms with E-state index >= 15 is 0 Å². The van der Waals surface area contributed by atoms with Crippen molar-refractivity contribution in [3.05, 3.63) is 47.8 Å². The van der Waals surface area contributed by atoms with Gasteiger partial charge in [-0.25, -0.2) is 4.79 Å². The molecule has 2 amide bonds. The first-order valence-corrected chi connectivity index (χ1v) is 7.30. The fourth-order valence-electron chi connectivity index (χ4n) is 2.12. The van der Waals surface area contributed by atoms with Crippen LogP contribution >= 0.6 is 0 Å². The van der Waals surface area contributed by atoms with Gasteiger partial charge in [-0.05, 0) is 31.9 Å². The van der Waals surface area contributed by atoms with E-state index in [9.17, 15) is 9.90 Å². The van der Waals surface area contributed by atoms with Crippen molar-refractivity contribution in [2.45, 2.75) is 32.9 Å². The Morgan fingerprint density at radius 1 is 1.36 bits per heavy atom. The van der Waals surface area contributed by atoms with E-state index in [-0.39, 0.29) is 18.6 Å². The third kappa shape index (κ3) is 4.08. The van der Waals surface area contributed by atoms with Crippen LogP contribution in [0.25, 0.3) is 0 Å². The molecule has 1 atom stereocenters. The summed E-state index contributed by atoms with van der Waals surface area (Å²) in [5, 5.41) is 19.6. The number of aliphatic hydroxyl groups is 1. The van der Waals surface area contributed by atoms with Crippen molar-refractivity contribution < 1.29 is 9.90 Å². The minimum absolute atomic E-state index is 0.148. The molecule has 2 aromatic rings. The molecule has 6 nitrogen and oxygen atoms in total. The SMILES string of the molecule is Cc1ccccc1C(O)CNC(=O)Nc1cnn(C(C)C)c1. The molecule has 0 spiro atoms. The van der Waals surface area contributed by atoms with Crippen LogP contribution in [-0.2, 0) is 0 Å². The lowest BCUT2D eigenvalue weighted by molar-refractivity contribution is 0.174. The molecule has 1 aromatic carbocycles. The number of carbonyl (C=O) groups is 1. The molecule has 0 radical (unpaired) electrons.